The average Bonchev–Trinajstić information content (AvgIpc) is 2.47. The molecule has 0 aliphatic carbocycles. The highest BCUT2D eigenvalue weighted by Gasteiger charge is 2.25. The fraction of sp³-hybridized carbons (Fsp3) is 0.500. The summed E-state index contributed by atoms with van der Waals surface area (Å²) in [5.74, 6) is -0.883. The molecule has 0 heterocycles. The lowest BCUT2D eigenvalue weighted by molar-refractivity contribution is -0.146. The predicted molar refractivity (Wildman–Crippen MR) is 92.3 cm³/mol. The molecule has 122 valence electrons. The van der Waals surface area contributed by atoms with E-state index in [-0.39, 0.29) is 5.92 Å². The van der Waals surface area contributed by atoms with Crippen LogP contribution in [0.3, 0.4) is 0 Å². The highest BCUT2D eigenvalue weighted by molar-refractivity contribution is 14.1. The van der Waals surface area contributed by atoms with Gasteiger partial charge in [0.05, 0.1) is 7.11 Å². The van der Waals surface area contributed by atoms with E-state index in [9.17, 15) is 14.7 Å². The van der Waals surface area contributed by atoms with Gasteiger partial charge in [-0.1, -0.05) is 26.0 Å². The van der Waals surface area contributed by atoms with Crippen LogP contribution in [0.25, 0.3) is 0 Å². The molecule has 0 aliphatic heterocycles. The third-order valence-electron chi connectivity index (χ3n) is 3.15. The first-order valence-corrected chi connectivity index (χ1v) is 8.22. The highest BCUT2D eigenvalue weighted by atomic mass is 127. The quantitative estimate of drug-likeness (QED) is 0.523. The van der Waals surface area contributed by atoms with Crippen molar-refractivity contribution >= 4 is 34.5 Å². The molecule has 2 N–H and O–H groups in total. The van der Waals surface area contributed by atoms with E-state index in [2.05, 4.69) is 27.9 Å². The van der Waals surface area contributed by atoms with Crippen molar-refractivity contribution in [1.82, 2.24) is 5.32 Å². The number of esters is 1. The largest absolute Gasteiger partial charge is 0.467 e. The van der Waals surface area contributed by atoms with E-state index >= 15 is 0 Å². The van der Waals surface area contributed by atoms with Gasteiger partial charge in [-0.25, -0.2) is 4.79 Å². The Morgan fingerprint density at radius 3 is 2.36 bits per heavy atom. The first-order chi connectivity index (χ1) is 10.3. The minimum atomic E-state index is -1.12. The van der Waals surface area contributed by atoms with Crippen molar-refractivity contribution in [2.75, 3.05) is 7.11 Å². The van der Waals surface area contributed by atoms with Gasteiger partial charge in [0.15, 0.2) is 0 Å². The van der Waals surface area contributed by atoms with E-state index in [1.165, 1.54) is 7.11 Å². The summed E-state index contributed by atoms with van der Waals surface area (Å²) >= 11 is 2.20. The zero-order valence-corrected chi connectivity index (χ0v) is 15.2. The zero-order valence-electron chi connectivity index (χ0n) is 13.0. The number of benzene rings is 1. The predicted octanol–water partition coefficient (Wildman–Crippen LogP) is 1.90. The van der Waals surface area contributed by atoms with E-state index in [4.69, 9.17) is 4.74 Å². The molecule has 5 nitrogen and oxygen atoms in total. The Balaban J connectivity index is 2.74. The Morgan fingerprint density at radius 2 is 1.86 bits per heavy atom. The fourth-order valence-electron chi connectivity index (χ4n) is 2.01. The average molecular weight is 419 g/mol. The Hall–Kier alpha value is -1.15. The third kappa shape index (κ3) is 6.31. The van der Waals surface area contributed by atoms with Crippen LogP contribution in [-0.4, -0.2) is 36.2 Å². The molecule has 6 heteroatoms. The molecule has 0 radical (unpaired) electrons. The van der Waals surface area contributed by atoms with Crippen LogP contribution in [0.5, 0.6) is 0 Å². The van der Waals surface area contributed by atoms with Crippen LogP contribution in [0.15, 0.2) is 24.3 Å². The van der Waals surface area contributed by atoms with Gasteiger partial charge in [-0.05, 0) is 52.6 Å². The fourth-order valence-corrected chi connectivity index (χ4v) is 2.37. The maximum Gasteiger partial charge on any atom is 0.328 e. The molecule has 0 saturated heterocycles. The number of aliphatic hydroxyl groups is 1. The SMILES string of the molecule is COC(=O)[C@@H](Cc1ccc(I)cc1)NC(=O)[C@@H](O)CC(C)C. The van der Waals surface area contributed by atoms with Crippen molar-refractivity contribution in [2.24, 2.45) is 5.92 Å². The van der Waals surface area contributed by atoms with Crippen molar-refractivity contribution in [2.45, 2.75) is 38.8 Å². The van der Waals surface area contributed by atoms with Crippen molar-refractivity contribution in [1.29, 1.82) is 0 Å². The number of aliphatic hydroxyl groups excluding tert-OH is 1. The molecule has 0 aliphatic rings. The number of rotatable bonds is 7. The maximum absolute atomic E-state index is 12.0. The smallest absolute Gasteiger partial charge is 0.328 e. The monoisotopic (exact) mass is 419 g/mol. The molecule has 1 aromatic rings. The van der Waals surface area contributed by atoms with Crippen LogP contribution >= 0.6 is 22.6 Å². The Labute approximate surface area is 144 Å². The first kappa shape index (κ1) is 18.9. The number of carbonyl (C=O) groups is 2. The molecule has 1 rings (SSSR count). The number of halogens is 1. The van der Waals surface area contributed by atoms with Crippen LogP contribution in [0, 0.1) is 9.49 Å². The zero-order chi connectivity index (χ0) is 16.7. The standard InChI is InChI=1S/C16H22INO4/c1-10(2)8-14(19)15(20)18-13(16(21)22-3)9-11-4-6-12(17)7-5-11/h4-7,10,13-14,19H,8-9H2,1-3H3,(H,18,20)/t13-,14+/m1/s1. The summed E-state index contributed by atoms with van der Waals surface area (Å²) in [4.78, 5) is 23.8. The minimum Gasteiger partial charge on any atom is -0.467 e. The van der Waals surface area contributed by atoms with Gasteiger partial charge in [-0.2, -0.15) is 0 Å². The lowest BCUT2D eigenvalue weighted by atomic mass is 10.0. The number of ether oxygens (including phenoxy) is 1. The Kier molecular flexibility index (Phi) is 7.81. The van der Waals surface area contributed by atoms with Crippen LogP contribution in [0.4, 0.5) is 0 Å². The summed E-state index contributed by atoms with van der Waals surface area (Å²) in [6, 6.07) is 6.85. The molecule has 0 saturated carbocycles. The number of methoxy groups -OCH3 is 1. The second-order valence-electron chi connectivity index (χ2n) is 5.56. The van der Waals surface area contributed by atoms with E-state index in [0.29, 0.717) is 12.8 Å². The Bertz CT molecular complexity index is 501. The van der Waals surface area contributed by atoms with E-state index in [1.807, 2.05) is 38.1 Å². The topological polar surface area (TPSA) is 75.6 Å². The molecule has 0 fully saturated rings. The third-order valence-corrected chi connectivity index (χ3v) is 3.87. The number of amides is 1. The van der Waals surface area contributed by atoms with E-state index in [1.54, 1.807) is 0 Å². The number of hydrogen-bond acceptors (Lipinski definition) is 4. The molecule has 0 bridgehead atoms. The summed E-state index contributed by atoms with van der Waals surface area (Å²) in [6.07, 6.45) is -0.448. The summed E-state index contributed by atoms with van der Waals surface area (Å²) in [5, 5.41) is 12.4. The maximum atomic E-state index is 12.0. The molecule has 0 spiro atoms. The van der Waals surface area contributed by atoms with Gasteiger partial charge in [-0.3, -0.25) is 4.79 Å². The molecule has 1 amide bonds. The molecule has 22 heavy (non-hydrogen) atoms. The summed E-state index contributed by atoms with van der Waals surface area (Å²) in [6.45, 7) is 3.83. The molecule has 2 atom stereocenters. The Morgan fingerprint density at radius 1 is 1.27 bits per heavy atom. The van der Waals surface area contributed by atoms with Crippen LogP contribution < -0.4 is 5.32 Å². The van der Waals surface area contributed by atoms with Gasteiger partial charge in [0.1, 0.15) is 12.1 Å². The highest BCUT2D eigenvalue weighted by Crippen LogP contribution is 2.10. The summed E-state index contributed by atoms with van der Waals surface area (Å²) in [5.41, 5.74) is 0.912. The lowest BCUT2D eigenvalue weighted by Gasteiger charge is -2.19. The van der Waals surface area contributed by atoms with Gasteiger partial charge in [0.25, 0.3) is 0 Å². The summed E-state index contributed by atoms with van der Waals surface area (Å²) < 4.78 is 5.82. The second kappa shape index (κ2) is 9.09. The van der Waals surface area contributed by atoms with Crippen LogP contribution in [0.1, 0.15) is 25.8 Å². The molecular formula is C16H22INO4. The van der Waals surface area contributed by atoms with Gasteiger partial charge in [-0.15, -0.1) is 0 Å². The van der Waals surface area contributed by atoms with Crippen molar-refractivity contribution in [3.63, 3.8) is 0 Å². The van der Waals surface area contributed by atoms with Gasteiger partial charge >= 0.3 is 5.97 Å². The van der Waals surface area contributed by atoms with Crippen LogP contribution in [-0.2, 0) is 20.7 Å². The van der Waals surface area contributed by atoms with Gasteiger partial charge in [0, 0.05) is 9.99 Å². The number of carbonyl (C=O) groups excluding carboxylic acids is 2. The van der Waals surface area contributed by atoms with E-state index < -0.39 is 24.0 Å². The molecule has 0 unspecified atom stereocenters. The second-order valence-corrected chi connectivity index (χ2v) is 6.81. The van der Waals surface area contributed by atoms with Gasteiger partial charge < -0.3 is 15.2 Å². The molecule has 1 aromatic carbocycles. The minimum absolute atomic E-state index is 0.188. The summed E-state index contributed by atoms with van der Waals surface area (Å²) in [7, 11) is 1.28. The molecular weight excluding hydrogens is 397 g/mol. The molecule has 0 aromatic heterocycles. The number of nitrogens with one attached hydrogen (secondary N) is 1. The normalized spacial score (nSPS) is 13.5. The van der Waals surface area contributed by atoms with Gasteiger partial charge in [0.2, 0.25) is 5.91 Å². The van der Waals surface area contributed by atoms with Crippen LogP contribution in [0.2, 0.25) is 0 Å². The van der Waals surface area contributed by atoms with Crippen molar-refractivity contribution in [3.8, 4) is 0 Å². The van der Waals surface area contributed by atoms with E-state index in [0.717, 1.165) is 9.13 Å². The van der Waals surface area contributed by atoms with Crippen molar-refractivity contribution in [3.05, 3.63) is 33.4 Å². The number of hydrogen-bond donors (Lipinski definition) is 2. The lowest BCUT2D eigenvalue weighted by Crippen LogP contribution is -2.47. The first-order valence-electron chi connectivity index (χ1n) is 7.14. The van der Waals surface area contributed by atoms with Crippen molar-refractivity contribution < 1.29 is 19.4 Å².